The van der Waals surface area contributed by atoms with Crippen LogP contribution in [0, 0.1) is 0 Å². The molecule has 17 heavy (non-hydrogen) atoms. The molecule has 2 rings (SSSR count). The van der Waals surface area contributed by atoms with Crippen LogP contribution >= 0.6 is 0 Å². The zero-order valence-electron chi connectivity index (χ0n) is 8.88. The van der Waals surface area contributed by atoms with E-state index in [2.05, 4.69) is 15.0 Å². The van der Waals surface area contributed by atoms with Gasteiger partial charge in [0.25, 0.3) is 0 Å². The molecule has 0 aliphatic rings. The molecular formula is C11H9F3N2O. The number of fused-ring (bicyclic) bond motifs is 1. The van der Waals surface area contributed by atoms with Crippen molar-refractivity contribution in [2.75, 3.05) is 12.4 Å². The molecule has 90 valence electrons. The lowest BCUT2D eigenvalue weighted by molar-refractivity contribution is -0.274. The SMILES string of the molecule is CNc1ccnc2ccc(OC(F)(F)F)cc12. The van der Waals surface area contributed by atoms with E-state index in [1.807, 2.05) is 0 Å². The van der Waals surface area contributed by atoms with Crippen molar-refractivity contribution in [2.45, 2.75) is 6.36 Å². The number of pyridine rings is 1. The first-order chi connectivity index (χ1) is 7.99. The number of halogens is 3. The summed E-state index contributed by atoms with van der Waals surface area (Å²) in [5, 5.41) is 3.46. The highest BCUT2D eigenvalue weighted by Gasteiger charge is 2.31. The highest BCUT2D eigenvalue weighted by molar-refractivity contribution is 5.91. The van der Waals surface area contributed by atoms with E-state index in [-0.39, 0.29) is 5.75 Å². The standard InChI is InChI=1S/C11H9F3N2O/c1-15-9-4-5-16-10-3-2-7(6-8(9)10)17-11(12,13)14/h2-6H,1H3,(H,15,16). The summed E-state index contributed by atoms with van der Waals surface area (Å²) in [6.45, 7) is 0. The zero-order chi connectivity index (χ0) is 12.5. The lowest BCUT2D eigenvalue weighted by atomic mass is 10.2. The van der Waals surface area contributed by atoms with Crippen LogP contribution in [0.3, 0.4) is 0 Å². The minimum atomic E-state index is -4.68. The van der Waals surface area contributed by atoms with Crippen molar-refractivity contribution in [3.05, 3.63) is 30.5 Å². The normalized spacial score (nSPS) is 11.5. The fourth-order valence-corrected chi connectivity index (χ4v) is 1.54. The summed E-state index contributed by atoms with van der Waals surface area (Å²) in [5.74, 6) is -0.255. The molecule has 0 saturated heterocycles. The molecule has 3 nitrogen and oxygen atoms in total. The Balaban J connectivity index is 2.48. The molecule has 0 fully saturated rings. The third-order valence-corrected chi connectivity index (χ3v) is 2.22. The highest BCUT2D eigenvalue weighted by Crippen LogP contribution is 2.29. The Kier molecular flexibility index (Phi) is 2.79. The first-order valence-corrected chi connectivity index (χ1v) is 4.82. The van der Waals surface area contributed by atoms with Crippen LogP contribution in [0.2, 0.25) is 0 Å². The topological polar surface area (TPSA) is 34.2 Å². The van der Waals surface area contributed by atoms with E-state index in [9.17, 15) is 13.2 Å². The number of nitrogens with zero attached hydrogens (tertiary/aromatic N) is 1. The molecule has 0 amide bonds. The predicted molar refractivity (Wildman–Crippen MR) is 58.0 cm³/mol. The molecule has 0 atom stereocenters. The summed E-state index contributed by atoms with van der Waals surface area (Å²) in [7, 11) is 1.69. The van der Waals surface area contributed by atoms with Crippen LogP contribution in [0.1, 0.15) is 0 Å². The van der Waals surface area contributed by atoms with Crippen molar-refractivity contribution < 1.29 is 17.9 Å². The number of hydrogen-bond donors (Lipinski definition) is 1. The summed E-state index contributed by atoms with van der Waals surface area (Å²) in [6, 6.07) is 5.71. The molecule has 0 aliphatic heterocycles. The van der Waals surface area contributed by atoms with Crippen LogP contribution in [0.4, 0.5) is 18.9 Å². The molecule has 1 aromatic heterocycles. The van der Waals surface area contributed by atoms with Gasteiger partial charge < -0.3 is 10.1 Å². The van der Waals surface area contributed by atoms with Crippen LogP contribution < -0.4 is 10.1 Å². The highest BCUT2D eigenvalue weighted by atomic mass is 19.4. The lowest BCUT2D eigenvalue weighted by Gasteiger charge is -2.10. The summed E-state index contributed by atoms with van der Waals surface area (Å²) in [5.41, 5.74) is 1.30. The Morgan fingerprint density at radius 1 is 1.24 bits per heavy atom. The Bertz CT molecular complexity index is 540. The second-order valence-electron chi connectivity index (χ2n) is 3.34. The molecule has 0 spiro atoms. The summed E-state index contributed by atoms with van der Waals surface area (Å²) in [6.07, 6.45) is -3.10. The van der Waals surface area contributed by atoms with E-state index in [1.54, 1.807) is 19.3 Å². The van der Waals surface area contributed by atoms with Crippen LogP contribution in [0.25, 0.3) is 10.9 Å². The van der Waals surface area contributed by atoms with Crippen molar-refractivity contribution >= 4 is 16.6 Å². The van der Waals surface area contributed by atoms with Crippen molar-refractivity contribution in [1.29, 1.82) is 0 Å². The molecular weight excluding hydrogens is 233 g/mol. The van der Waals surface area contributed by atoms with E-state index < -0.39 is 6.36 Å². The third kappa shape index (κ3) is 2.58. The first kappa shape index (κ1) is 11.5. The van der Waals surface area contributed by atoms with Crippen molar-refractivity contribution in [3.63, 3.8) is 0 Å². The average molecular weight is 242 g/mol. The monoisotopic (exact) mass is 242 g/mol. The van der Waals surface area contributed by atoms with Crippen molar-refractivity contribution in [3.8, 4) is 5.75 Å². The van der Waals surface area contributed by atoms with Gasteiger partial charge in [0.2, 0.25) is 0 Å². The number of nitrogens with one attached hydrogen (secondary N) is 1. The zero-order valence-corrected chi connectivity index (χ0v) is 8.88. The van der Waals surface area contributed by atoms with E-state index in [0.717, 1.165) is 0 Å². The summed E-state index contributed by atoms with van der Waals surface area (Å²) in [4.78, 5) is 4.05. The van der Waals surface area contributed by atoms with Gasteiger partial charge in [-0.1, -0.05) is 0 Å². The Morgan fingerprint density at radius 3 is 2.65 bits per heavy atom. The van der Waals surface area contributed by atoms with E-state index >= 15 is 0 Å². The molecule has 2 aromatic rings. The lowest BCUT2D eigenvalue weighted by Crippen LogP contribution is -2.17. The van der Waals surface area contributed by atoms with Crippen LogP contribution in [-0.2, 0) is 0 Å². The minimum Gasteiger partial charge on any atom is -0.406 e. The van der Waals surface area contributed by atoms with Crippen LogP contribution in [0.15, 0.2) is 30.5 Å². The summed E-state index contributed by atoms with van der Waals surface area (Å²) < 4.78 is 40.1. The quantitative estimate of drug-likeness (QED) is 0.878. The molecule has 6 heteroatoms. The third-order valence-electron chi connectivity index (χ3n) is 2.22. The molecule has 1 N–H and O–H groups in total. The molecule has 0 unspecified atom stereocenters. The number of anilines is 1. The second-order valence-corrected chi connectivity index (χ2v) is 3.34. The number of benzene rings is 1. The van der Waals surface area contributed by atoms with E-state index in [0.29, 0.717) is 16.6 Å². The van der Waals surface area contributed by atoms with Gasteiger partial charge in [0.05, 0.1) is 5.52 Å². The van der Waals surface area contributed by atoms with Gasteiger partial charge >= 0.3 is 6.36 Å². The minimum absolute atomic E-state index is 0.255. The van der Waals surface area contributed by atoms with Gasteiger partial charge in [0.15, 0.2) is 0 Å². The number of hydrogen-bond acceptors (Lipinski definition) is 3. The second kappa shape index (κ2) is 4.12. The van der Waals surface area contributed by atoms with E-state index in [1.165, 1.54) is 18.2 Å². The van der Waals surface area contributed by atoms with Gasteiger partial charge in [-0.15, -0.1) is 13.2 Å². The molecule has 0 aliphatic carbocycles. The smallest absolute Gasteiger partial charge is 0.406 e. The van der Waals surface area contributed by atoms with Gasteiger partial charge in [-0.05, 0) is 24.3 Å². The molecule has 1 heterocycles. The fraction of sp³-hybridized carbons (Fsp3) is 0.182. The van der Waals surface area contributed by atoms with Crippen LogP contribution in [-0.4, -0.2) is 18.4 Å². The Morgan fingerprint density at radius 2 is 2.00 bits per heavy atom. The van der Waals surface area contributed by atoms with Crippen molar-refractivity contribution in [1.82, 2.24) is 4.98 Å². The molecule has 0 saturated carbocycles. The maximum Gasteiger partial charge on any atom is 0.573 e. The number of alkyl halides is 3. The first-order valence-electron chi connectivity index (χ1n) is 4.82. The van der Waals surface area contributed by atoms with E-state index in [4.69, 9.17) is 0 Å². The largest absolute Gasteiger partial charge is 0.573 e. The molecule has 0 radical (unpaired) electrons. The van der Waals surface area contributed by atoms with Gasteiger partial charge in [-0.25, -0.2) is 0 Å². The summed E-state index contributed by atoms with van der Waals surface area (Å²) >= 11 is 0. The Hall–Kier alpha value is -1.98. The maximum absolute atomic E-state index is 12.1. The van der Waals surface area contributed by atoms with Crippen LogP contribution in [0.5, 0.6) is 5.75 Å². The van der Waals surface area contributed by atoms with Gasteiger partial charge in [-0.3, -0.25) is 4.98 Å². The average Bonchev–Trinajstić information content (AvgIpc) is 2.26. The van der Waals surface area contributed by atoms with Gasteiger partial charge in [0, 0.05) is 24.3 Å². The van der Waals surface area contributed by atoms with Crippen molar-refractivity contribution in [2.24, 2.45) is 0 Å². The number of rotatable bonds is 2. The molecule has 0 bridgehead atoms. The number of ether oxygens (including phenoxy) is 1. The number of aromatic nitrogens is 1. The molecule has 1 aromatic carbocycles. The van der Waals surface area contributed by atoms with Gasteiger partial charge in [-0.2, -0.15) is 0 Å². The fourth-order valence-electron chi connectivity index (χ4n) is 1.54. The Labute approximate surface area is 95.2 Å². The predicted octanol–water partition coefficient (Wildman–Crippen LogP) is 3.18. The van der Waals surface area contributed by atoms with Gasteiger partial charge in [0.1, 0.15) is 5.75 Å². The maximum atomic E-state index is 12.1.